The van der Waals surface area contributed by atoms with Crippen LogP contribution in [0.25, 0.3) is 32.9 Å². The van der Waals surface area contributed by atoms with Gasteiger partial charge in [0.15, 0.2) is 0 Å². The molecule has 0 atom stereocenters. The Labute approximate surface area is 127 Å². The Bertz CT molecular complexity index is 952. The van der Waals surface area contributed by atoms with Gasteiger partial charge < -0.3 is 4.98 Å². The Morgan fingerprint density at radius 2 is 1.67 bits per heavy atom. The van der Waals surface area contributed by atoms with Crippen molar-refractivity contribution < 1.29 is 0 Å². The van der Waals surface area contributed by atoms with Gasteiger partial charge in [-0.25, -0.2) is 0 Å². The number of aromatic amines is 1. The van der Waals surface area contributed by atoms with Crippen LogP contribution in [-0.2, 0) is 0 Å². The van der Waals surface area contributed by atoms with Crippen molar-refractivity contribution in [1.29, 1.82) is 0 Å². The number of hydrogen-bond donors (Lipinski definition) is 1. The summed E-state index contributed by atoms with van der Waals surface area (Å²) in [4.78, 5) is 7.80. The molecule has 3 heteroatoms. The fourth-order valence-electron chi connectivity index (χ4n) is 2.78. The first-order valence-corrected chi connectivity index (χ1v) is 7.23. The van der Waals surface area contributed by atoms with Crippen molar-refractivity contribution in [2.45, 2.75) is 6.92 Å². The van der Waals surface area contributed by atoms with Crippen molar-refractivity contribution in [3.63, 3.8) is 0 Å². The predicted octanol–water partition coefficient (Wildman–Crippen LogP) is 5.34. The highest BCUT2D eigenvalue weighted by atomic mass is 35.5. The van der Waals surface area contributed by atoms with E-state index in [1.165, 1.54) is 21.9 Å². The normalized spacial score (nSPS) is 11.3. The van der Waals surface area contributed by atoms with Crippen LogP contribution in [-0.4, -0.2) is 9.97 Å². The van der Waals surface area contributed by atoms with Crippen LogP contribution in [0.15, 0.2) is 54.7 Å². The zero-order chi connectivity index (χ0) is 14.4. The molecule has 0 radical (unpaired) electrons. The van der Waals surface area contributed by atoms with Gasteiger partial charge in [0.05, 0.1) is 11.2 Å². The highest BCUT2D eigenvalue weighted by Gasteiger charge is 2.08. The van der Waals surface area contributed by atoms with Crippen LogP contribution in [0, 0.1) is 6.92 Å². The third kappa shape index (κ3) is 1.99. The zero-order valence-corrected chi connectivity index (χ0v) is 12.3. The average Bonchev–Trinajstić information content (AvgIpc) is 2.87. The monoisotopic (exact) mass is 292 g/mol. The third-order valence-electron chi connectivity index (χ3n) is 3.89. The topological polar surface area (TPSA) is 28.7 Å². The number of benzene rings is 2. The summed E-state index contributed by atoms with van der Waals surface area (Å²) in [5.74, 6) is 0. The van der Waals surface area contributed by atoms with Crippen LogP contribution < -0.4 is 0 Å². The van der Waals surface area contributed by atoms with Crippen molar-refractivity contribution in [2.75, 3.05) is 0 Å². The Kier molecular flexibility index (Phi) is 2.72. The molecule has 0 spiro atoms. The minimum atomic E-state index is 0.758. The predicted molar refractivity (Wildman–Crippen MR) is 88.8 cm³/mol. The molecule has 0 saturated heterocycles. The molecule has 0 bridgehead atoms. The number of pyridine rings is 1. The van der Waals surface area contributed by atoms with Crippen LogP contribution in [0.5, 0.6) is 0 Å². The molecule has 2 nitrogen and oxygen atoms in total. The molecular formula is C18H13ClN2. The number of rotatable bonds is 1. The van der Waals surface area contributed by atoms with Gasteiger partial charge in [-0.05, 0) is 48.4 Å². The van der Waals surface area contributed by atoms with E-state index >= 15 is 0 Å². The van der Waals surface area contributed by atoms with Gasteiger partial charge in [-0.1, -0.05) is 29.8 Å². The van der Waals surface area contributed by atoms with Crippen molar-refractivity contribution in [1.82, 2.24) is 9.97 Å². The van der Waals surface area contributed by atoms with Crippen molar-refractivity contribution in [2.24, 2.45) is 0 Å². The lowest BCUT2D eigenvalue weighted by Crippen LogP contribution is -1.80. The van der Waals surface area contributed by atoms with Crippen molar-refractivity contribution >= 4 is 33.4 Å². The third-order valence-corrected chi connectivity index (χ3v) is 4.14. The van der Waals surface area contributed by atoms with Gasteiger partial charge >= 0.3 is 0 Å². The standard InChI is InChI=1S/C18H13ClN2/c1-11-18-15(8-9-20-11)16-10-13(4-7-17(16)21-18)12-2-5-14(19)6-3-12/h2-10,21H,1H3. The summed E-state index contributed by atoms with van der Waals surface area (Å²) in [5, 5.41) is 3.20. The molecule has 21 heavy (non-hydrogen) atoms. The second-order valence-corrected chi connectivity index (χ2v) is 5.65. The summed E-state index contributed by atoms with van der Waals surface area (Å²) >= 11 is 5.96. The van der Waals surface area contributed by atoms with E-state index in [2.05, 4.69) is 34.2 Å². The second-order valence-electron chi connectivity index (χ2n) is 5.21. The Morgan fingerprint density at radius 3 is 2.48 bits per heavy atom. The van der Waals surface area contributed by atoms with Crippen molar-refractivity contribution in [3.05, 3.63) is 65.4 Å². The van der Waals surface area contributed by atoms with Gasteiger partial charge in [-0.2, -0.15) is 0 Å². The molecule has 2 aromatic carbocycles. The summed E-state index contributed by atoms with van der Waals surface area (Å²) < 4.78 is 0. The number of nitrogens with zero attached hydrogens (tertiary/aromatic N) is 1. The summed E-state index contributed by atoms with van der Waals surface area (Å²) in [5.41, 5.74) is 5.63. The van der Waals surface area contributed by atoms with Gasteiger partial charge in [-0.15, -0.1) is 0 Å². The van der Waals surface area contributed by atoms with E-state index in [-0.39, 0.29) is 0 Å². The first-order valence-electron chi connectivity index (χ1n) is 6.85. The SMILES string of the molecule is Cc1nccc2c1[nH]c1ccc(-c3ccc(Cl)cc3)cc12. The summed E-state index contributed by atoms with van der Waals surface area (Å²) in [6.45, 7) is 2.03. The molecule has 0 unspecified atom stereocenters. The van der Waals surface area contributed by atoms with E-state index in [0.717, 1.165) is 21.7 Å². The second kappa shape index (κ2) is 4.61. The highest BCUT2D eigenvalue weighted by molar-refractivity contribution is 6.30. The van der Waals surface area contributed by atoms with E-state index in [9.17, 15) is 0 Å². The molecule has 0 aliphatic carbocycles. The van der Waals surface area contributed by atoms with Crippen molar-refractivity contribution in [3.8, 4) is 11.1 Å². The molecule has 102 valence electrons. The number of aryl methyl sites for hydroxylation is 1. The molecule has 0 saturated carbocycles. The smallest absolute Gasteiger partial charge is 0.0681 e. The van der Waals surface area contributed by atoms with Crippen LogP contribution in [0.4, 0.5) is 0 Å². The maximum absolute atomic E-state index is 5.96. The number of nitrogens with one attached hydrogen (secondary N) is 1. The minimum Gasteiger partial charge on any atom is -0.353 e. The molecule has 2 aromatic heterocycles. The van der Waals surface area contributed by atoms with Crippen LogP contribution >= 0.6 is 11.6 Å². The fraction of sp³-hybridized carbons (Fsp3) is 0.0556. The molecule has 1 N–H and O–H groups in total. The number of aromatic nitrogens is 2. The molecule has 0 aliphatic heterocycles. The number of H-pyrrole nitrogens is 1. The Balaban J connectivity index is 1.99. The van der Waals surface area contributed by atoms with E-state index in [0.29, 0.717) is 0 Å². The molecule has 4 aromatic rings. The van der Waals surface area contributed by atoms with Crippen LogP contribution in [0.2, 0.25) is 5.02 Å². The maximum Gasteiger partial charge on any atom is 0.0681 e. The lowest BCUT2D eigenvalue weighted by Gasteiger charge is -2.02. The quantitative estimate of drug-likeness (QED) is 0.503. The van der Waals surface area contributed by atoms with E-state index in [4.69, 9.17) is 11.6 Å². The maximum atomic E-state index is 5.96. The molecule has 4 rings (SSSR count). The molecule has 0 aliphatic rings. The van der Waals surface area contributed by atoms with E-state index < -0.39 is 0 Å². The molecular weight excluding hydrogens is 280 g/mol. The van der Waals surface area contributed by atoms with Crippen LogP contribution in [0.3, 0.4) is 0 Å². The van der Waals surface area contributed by atoms with E-state index in [1.807, 2.05) is 37.4 Å². The van der Waals surface area contributed by atoms with Gasteiger partial charge in [0.25, 0.3) is 0 Å². The largest absolute Gasteiger partial charge is 0.353 e. The van der Waals surface area contributed by atoms with Gasteiger partial charge in [0, 0.05) is 27.5 Å². The average molecular weight is 293 g/mol. The highest BCUT2D eigenvalue weighted by Crippen LogP contribution is 2.31. The van der Waals surface area contributed by atoms with Crippen LogP contribution in [0.1, 0.15) is 5.69 Å². The Hall–Kier alpha value is -2.32. The summed E-state index contributed by atoms with van der Waals surface area (Å²) in [6, 6.07) is 16.5. The minimum absolute atomic E-state index is 0.758. The lowest BCUT2D eigenvalue weighted by atomic mass is 10.0. The zero-order valence-electron chi connectivity index (χ0n) is 11.5. The summed E-state index contributed by atoms with van der Waals surface area (Å²) in [7, 11) is 0. The Morgan fingerprint density at radius 1 is 0.905 bits per heavy atom. The molecule has 2 heterocycles. The molecule has 0 amide bonds. The lowest BCUT2D eigenvalue weighted by molar-refractivity contribution is 1.22. The number of hydrogen-bond acceptors (Lipinski definition) is 1. The summed E-state index contributed by atoms with van der Waals surface area (Å²) in [6.07, 6.45) is 1.86. The van der Waals surface area contributed by atoms with E-state index in [1.54, 1.807) is 0 Å². The van der Waals surface area contributed by atoms with Gasteiger partial charge in [0.1, 0.15) is 0 Å². The number of fused-ring (bicyclic) bond motifs is 3. The van der Waals surface area contributed by atoms with Gasteiger partial charge in [0.2, 0.25) is 0 Å². The fourth-order valence-corrected chi connectivity index (χ4v) is 2.91. The molecule has 0 fully saturated rings. The first kappa shape index (κ1) is 12.4. The number of halogens is 1. The van der Waals surface area contributed by atoms with Gasteiger partial charge in [-0.3, -0.25) is 4.98 Å². The first-order chi connectivity index (χ1) is 10.2.